The number of hydrogen-bond donors (Lipinski definition) is 2. The first-order valence-electron chi connectivity index (χ1n) is 7.79. The molecule has 3 heterocycles. The number of piperidine rings is 1. The number of H-pyrrole nitrogens is 1. The molecule has 23 heavy (non-hydrogen) atoms. The molecule has 1 saturated heterocycles. The molecule has 3 rings (SSSR count). The van der Waals surface area contributed by atoms with Crippen LogP contribution in [0.3, 0.4) is 0 Å². The average Bonchev–Trinajstić information content (AvgIpc) is 2.57. The molecule has 2 aromatic heterocycles. The Morgan fingerprint density at radius 3 is 3.00 bits per heavy atom. The quantitative estimate of drug-likeness (QED) is 0.849. The minimum absolute atomic E-state index is 0.0538. The lowest BCUT2D eigenvalue weighted by atomic mass is 10.1. The summed E-state index contributed by atoms with van der Waals surface area (Å²) in [5.74, 6) is 0.780. The molecule has 0 saturated carbocycles. The molecule has 0 spiro atoms. The third kappa shape index (κ3) is 3.25. The standard InChI is InChI=1S/C15H20N6O2/c1-2-20-9-7-16-12(15(20)23)19-11-4-3-8-21(10-11)13-14(22)18-6-5-17-13/h5-7,9,11H,2-4,8,10H2,1H3,(H,16,19)(H,18,22)/t11-/m0/s1. The topological polar surface area (TPSA) is 95.9 Å². The third-order valence-corrected chi connectivity index (χ3v) is 4.01. The second-order valence-electron chi connectivity index (χ2n) is 5.54. The van der Waals surface area contributed by atoms with Gasteiger partial charge >= 0.3 is 0 Å². The predicted molar refractivity (Wildman–Crippen MR) is 87.9 cm³/mol. The van der Waals surface area contributed by atoms with Gasteiger partial charge in [-0.05, 0) is 19.8 Å². The van der Waals surface area contributed by atoms with Crippen LogP contribution in [0.2, 0.25) is 0 Å². The molecular weight excluding hydrogens is 296 g/mol. The van der Waals surface area contributed by atoms with Gasteiger partial charge in [-0.1, -0.05) is 0 Å². The van der Waals surface area contributed by atoms with Crippen molar-refractivity contribution in [2.75, 3.05) is 23.3 Å². The number of aromatic amines is 1. The fourth-order valence-corrected chi connectivity index (χ4v) is 2.85. The van der Waals surface area contributed by atoms with E-state index >= 15 is 0 Å². The Morgan fingerprint density at radius 2 is 2.22 bits per heavy atom. The summed E-state index contributed by atoms with van der Waals surface area (Å²) in [6, 6.07) is 0.0538. The Bertz CT molecular complexity index is 784. The van der Waals surface area contributed by atoms with Gasteiger partial charge in [0.15, 0.2) is 11.6 Å². The van der Waals surface area contributed by atoms with E-state index in [0.717, 1.165) is 19.4 Å². The Kier molecular flexibility index (Phi) is 4.40. The summed E-state index contributed by atoms with van der Waals surface area (Å²) >= 11 is 0. The molecule has 0 amide bonds. The van der Waals surface area contributed by atoms with Gasteiger partial charge in [0.25, 0.3) is 11.1 Å². The van der Waals surface area contributed by atoms with E-state index in [-0.39, 0.29) is 17.2 Å². The Balaban J connectivity index is 1.76. The lowest BCUT2D eigenvalue weighted by Gasteiger charge is -2.33. The molecule has 8 nitrogen and oxygen atoms in total. The maximum atomic E-state index is 12.2. The van der Waals surface area contributed by atoms with Gasteiger partial charge in [-0.15, -0.1) is 0 Å². The highest BCUT2D eigenvalue weighted by Crippen LogP contribution is 2.16. The normalized spacial score (nSPS) is 18.0. The predicted octanol–water partition coefficient (Wildman–Crippen LogP) is 0.427. The van der Waals surface area contributed by atoms with Crippen LogP contribution in [0.15, 0.2) is 34.4 Å². The van der Waals surface area contributed by atoms with E-state index in [4.69, 9.17) is 0 Å². The van der Waals surface area contributed by atoms with E-state index in [0.29, 0.717) is 24.7 Å². The van der Waals surface area contributed by atoms with E-state index in [2.05, 4.69) is 20.3 Å². The number of anilines is 2. The van der Waals surface area contributed by atoms with Crippen molar-refractivity contribution in [2.45, 2.75) is 32.4 Å². The van der Waals surface area contributed by atoms with Crippen molar-refractivity contribution in [1.29, 1.82) is 0 Å². The smallest absolute Gasteiger partial charge is 0.293 e. The van der Waals surface area contributed by atoms with Crippen LogP contribution in [0.25, 0.3) is 0 Å². The zero-order chi connectivity index (χ0) is 16.2. The number of aromatic nitrogens is 4. The van der Waals surface area contributed by atoms with Crippen LogP contribution < -0.4 is 21.3 Å². The zero-order valence-electron chi connectivity index (χ0n) is 13.0. The summed E-state index contributed by atoms with van der Waals surface area (Å²) in [5, 5.41) is 3.22. The van der Waals surface area contributed by atoms with Crippen molar-refractivity contribution >= 4 is 11.6 Å². The summed E-state index contributed by atoms with van der Waals surface area (Å²) in [6.07, 6.45) is 8.23. The highest BCUT2D eigenvalue weighted by molar-refractivity contribution is 5.39. The summed E-state index contributed by atoms with van der Waals surface area (Å²) in [5.41, 5.74) is -0.317. The van der Waals surface area contributed by atoms with Crippen LogP contribution in [0.5, 0.6) is 0 Å². The third-order valence-electron chi connectivity index (χ3n) is 4.01. The minimum Gasteiger partial charge on any atom is -0.361 e. The SMILES string of the molecule is CCn1ccnc(N[C@H]2CCCN(c3ncc[nH]c3=O)C2)c1=O. The lowest BCUT2D eigenvalue weighted by molar-refractivity contribution is 0.522. The van der Waals surface area contributed by atoms with Crippen LogP contribution in [0, 0.1) is 0 Å². The van der Waals surface area contributed by atoms with Gasteiger partial charge in [0.1, 0.15) is 0 Å². The summed E-state index contributed by atoms with van der Waals surface area (Å²) in [6.45, 7) is 3.92. The van der Waals surface area contributed by atoms with Crippen molar-refractivity contribution in [1.82, 2.24) is 19.5 Å². The molecular formula is C15H20N6O2. The first-order chi connectivity index (χ1) is 11.2. The monoisotopic (exact) mass is 316 g/mol. The molecule has 1 atom stereocenters. The van der Waals surface area contributed by atoms with Crippen LogP contribution >= 0.6 is 0 Å². The second-order valence-corrected chi connectivity index (χ2v) is 5.54. The number of nitrogens with zero attached hydrogens (tertiary/aromatic N) is 4. The van der Waals surface area contributed by atoms with E-state index in [1.807, 2.05) is 11.8 Å². The first kappa shape index (κ1) is 15.3. The Labute approximate surface area is 133 Å². The highest BCUT2D eigenvalue weighted by atomic mass is 16.1. The maximum Gasteiger partial charge on any atom is 0.293 e. The van der Waals surface area contributed by atoms with Gasteiger partial charge in [0, 0.05) is 50.5 Å². The number of aryl methyl sites for hydroxylation is 1. The molecule has 2 aromatic rings. The fourth-order valence-electron chi connectivity index (χ4n) is 2.85. The van der Waals surface area contributed by atoms with Gasteiger partial charge < -0.3 is 19.8 Å². The van der Waals surface area contributed by atoms with Gasteiger partial charge in [-0.2, -0.15) is 0 Å². The second kappa shape index (κ2) is 6.64. The van der Waals surface area contributed by atoms with E-state index in [1.54, 1.807) is 23.2 Å². The molecule has 1 aliphatic rings. The van der Waals surface area contributed by atoms with Crippen molar-refractivity contribution in [3.8, 4) is 0 Å². The van der Waals surface area contributed by atoms with E-state index in [1.165, 1.54) is 6.20 Å². The van der Waals surface area contributed by atoms with Crippen molar-refractivity contribution in [2.24, 2.45) is 0 Å². The van der Waals surface area contributed by atoms with Crippen molar-refractivity contribution < 1.29 is 0 Å². The number of nitrogens with one attached hydrogen (secondary N) is 2. The van der Waals surface area contributed by atoms with Crippen LogP contribution in [0.1, 0.15) is 19.8 Å². The number of rotatable bonds is 4. The average molecular weight is 316 g/mol. The molecule has 1 fully saturated rings. The minimum atomic E-state index is -0.195. The molecule has 0 aromatic carbocycles. The van der Waals surface area contributed by atoms with Gasteiger partial charge in [0.05, 0.1) is 0 Å². The van der Waals surface area contributed by atoms with E-state index < -0.39 is 0 Å². The lowest BCUT2D eigenvalue weighted by Crippen LogP contribution is -2.45. The van der Waals surface area contributed by atoms with Crippen molar-refractivity contribution in [3.63, 3.8) is 0 Å². The zero-order valence-corrected chi connectivity index (χ0v) is 13.0. The van der Waals surface area contributed by atoms with Gasteiger partial charge in [0.2, 0.25) is 0 Å². The molecule has 0 radical (unpaired) electrons. The largest absolute Gasteiger partial charge is 0.361 e. The van der Waals surface area contributed by atoms with Crippen LogP contribution in [0.4, 0.5) is 11.6 Å². The molecule has 2 N–H and O–H groups in total. The van der Waals surface area contributed by atoms with Gasteiger partial charge in [-0.3, -0.25) is 9.59 Å². The summed E-state index contributed by atoms with van der Waals surface area (Å²) in [7, 11) is 0. The van der Waals surface area contributed by atoms with E-state index in [9.17, 15) is 9.59 Å². The molecule has 0 bridgehead atoms. The maximum absolute atomic E-state index is 12.2. The fraction of sp³-hybridized carbons (Fsp3) is 0.467. The molecule has 1 aliphatic heterocycles. The molecule has 0 aliphatic carbocycles. The first-order valence-corrected chi connectivity index (χ1v) is 7.79. The highest BCUT2D eigenvalue weighted by Gasteiger charge is 2.23. The number of hydrogen-bond acceptors (Lipinski definition) is 6. The Morgan fingerprint density at radius 1 is 1.35 bits per heavy atom. The Hall–Kier alpha value is -2.64. The van der Waals surface area contributed by atoms with Crippen LogP contribution in [-0.4, -0.2) is 38.7 Å². The summed E-state index contributed by atoms with van der Waals surface area (Å²) in [4.78, 5) is 37.0. The van der Waals surface area contributed by atoms with Crippen LogP contribution in [-0.2, 0) is 6.54 Å². The van der Waals surface area contributed by atoms with Crippen molar-refractivity contribution in [3.05, 3.63) is 45.5 Å². The molecule has 0 unspecified atom stereocenters. The molecule has 122 valence electrons. The molecule has 8 heteroatoms. The van der Waals surface area contributed by atoms with Gasteiger partial charge in [-0.25, -0.2) is 9.97 Å². The summed E-state index contributed by atoms with van der Waals surface area (Å²) < 4.78 is 1.61.